The zero-order chi connectivity index (χ0) is 15.4. The van der Waals surface area contributed by atoms with Gasteiger partial charge in [0, 0.05) is 5.56 Å². The molecule has 0 amide bonds. The minimum atomic E-state index is -0.480. The van der Waals surface area contributed by atoms with Crippen LogP contribution in [-0.4, -0.2) is 13.2 Å². The van der Waals surface area contributed by atoms with Gasteiger partial charge in [0.25, 0.3) is 0 Å². The first-order valence-corrected chi connectivity index (χ1v) is 6.87. The van der Waals surface area contributed by atoms with E-state index < -0.39 is 6.04 Å². The molecule has 0 aliphatic heterocycles. The van der Waals surface area contributed by atoms with E-state index in [2.05, 4.69) is 0 Å². The average molecular weight is 289 g/mol. The molecule has 2 rings (SSSR count). The highest BCUT2D eigenvalue weighted by molar-refractivity contribution is 5.43. The number of benzene rings is 2. The van der Waals surface area contributed by atoms with Crippen molar-refractivity contribution in [2.75, 3.05) is 7.11 Å². The molecule has 0 saturated carbocycles. The molecule has 0 bridgehead atoms. The first-order valence-electron chi connectivity index (χ1n) is 6.87. The van der Waals surface area contributed by atoms with Crippen molar-refractivity contribution in [1.29, 1.82) is 0 Å². The Bertz CT molecular complexity index is 613. The van der Waals surface area contributed by atoms with Crippen molar-refractivity contribution in [3.8, 4) is 11.5 Å². The van der Waals surface area contributed by atoms with Crippen LogP contribution in [0.1, 0.15) is 31.0 Å². The lowest BCUT2D eigenvalue weighted by molar-refractivity contribution is 0.242. The quantitative estimate of drug-likeness (QED) is 0.913. The Labute approximate surface area is 124 Å². The second-order valence-corrected chi connectivity index (χ2v) is 5.10. The topological polar surface area (TPSA) is 44.5 Å². The van der Waals surface area contributed by atoms with E-state index >= 15 is 0 Å². The number of rotatable bonds is 5. The third-order valence-corrected chi connectivity index (χ3v) is 3.12. The van der Waals surface area contributed by atoms with E-state index in [1.165, 1.54) is 12.1 Å². The molecule has 0 aliphatic rings. The lowest BCUT2D eigenvalue weighted by Crippen LogP contribution is -2.14. The number of ether oxygens (including phenoxy) is 2. The predicted octanol–water partition coefficient (Wildman–Crippen LogP) is 3.67. The van der Waals surface area contributed by atoms with Gasteiger partial charge in [-0.2, -0.15) is 0 Å². The summed E-state index contributed by atoms with van der Waals surface area (Å²) in [5, 5.41) is 0. The summed E-state index contributed by atoms with van der Waals surface area (Å²) < 4.78 is 24.4. The standard InChI is InChI=1S/C17H20FNO2/c1-11(2)21-14-6-4-5-12(9-14)17(19)15-10-13(18)7-8-16(15)20-3/h4-11,17H,19H2,1-3H3. The Hall–Kier alpha value is -2.07. The Morgan fingerprint density at radius 3 is 2.52 bits per heavy atom. The van der Waals surface area contributed by atoms with E-state index in [1.807, 2.05) is 38.1 Å². The van der Waals surface area contributed by atoms with Gasteiger partial charge in [-0.15, -0.1) is 0 Å². The Morgan fingerprint density at radius 1 is 1.10 bits per heavy atom. The smallest absolute Gasteiger partial charge is 0.124 e. The van der Waals surface area contributed by atoms with Crippen LogP contribution in [-0.2, 0) is 0 Å². The van der Waals surface area contributed by atoms with Crippen LogP contribution >= 0.6 is 0 Å². The first-order chi connectivity index (χ1) is 10.0. The molecule has 21 heavy (non-hydrogen) atoms. The summed E-state index contributed by atoms with van der Waals surface area (Å²) in [6.45, 7) is 3.92. The molecular weight excluding hydrogens is 269 g/mol. The average Bonchev–Trinajstić information content (AvgIpc) is 2.46. The zero-order valence-corrected chi connectivity index (χ0v) is 12.5. The van der Waals surface area contributed by atoms with Crippen molar-refractivity contribution < 1.29 is 13.9 Å². The van der Waals surface area contributed by atoms with Gasteiger partial charge in [-0.05, 0) is 49.7 Å². The van der Waals surface area contributed by atoms with Crippen LogP contribution in [0.3, 0.4) is 0 Å². The van der Waals surface area contributed by atoms with E-state index in [4.69, 9.17) is 15.2 Å². The second kappa shape index (κ2) is 6.59. The summed E-state index contributed by atoms with van der Waals surface area (Å²) in [6.07, 6.45) is 0.0835. The van der Waals surface area contributed by atoms with Gasteiger partial charge in [0.1, 0.15) is 17.3 Å². The van der Waals surface area contributed by atoms with Gasteiger partial charge < -0.3 is 15.2 Å². The molecular formula is C17H20FNO2. The number of hydrogen-bond acceptors (Lipinski definition) is 3. The van der Waals surface area contributed by atoms with Gasteiger partial charge in [0.05, 0.1) is 19.3 Å². The van der Waals surface area contributed by atoms with Crippen LogP contribution in [0.4, 0.5) is 4.39 Å². The first kappa shape index (κ1) is 15.3. The molecule has 0 fully saturated rings. The van der Waals surface area contributed by atoms with Gasteiger partial charge in [-0.25, -0.2) is 4.39 Å². The molecule has 2 aromatic carbocycles. The number of methoxy groups -OCH3 is 1. The highest BCUT2D eigenvalue weighted by atomic mass is 19.1. The molecule has 3 nitrogen and oxygen atoms in total. The van der Waals surface area contributed by atoms with Crippen LogP contribution in [0.25, 0.3) is 0 Å². The summed E-state index contributed by atoms with van der Waals surface area (Å²) >= 11 is 0. The van der Waals surface area contributed by atoms with E-state index in [1.54, 1.807) is 13.2 Å². The molecule has 0 aromatic heterocycles. The molecule has 2 N–H and O–H groups in total. The van der Waals surface area contributed by atoms with Crippen molar-refractivity contribution in [3.05, 3.63) is 59.4 Å². The van der Waals surface area contributed by atoms with Gasteiger partial charge in [0.15, 0.2) is 0 Å². The second-order valence-electron chi connectivity index (χ2n) is 5.10. The Balaban J connectivity index is 2.35. The Morgan fingerprint density at radius 2 is 1.86 bits per heavy atom. The maximum absolute atomic E-state index is 13.5. The lowest BCUT2D eigenvalue weighted by Gasteiger charge is -2.18. The summed E-state index contributed by atoms with van der Waals surface area (Å²) in [5.74, 6) is 0.975. The summed E-state index contributed by atoms with van der Waals surface area (Å²) in [5.41, 5.74) is 7.71. The highest BCUT2D eigenvalue weighted by Crippen LogP contribution is 2.30. The molecule has 0 heterocycles. The maximum Gasteiger partial charge on any atom is 0.124 e. The maximum atomic E-state index is 13.5. The molecule has 0 radical (unpaired) electrons. The fraction of sp³-hybridized carbons (Fsp3) is 0.294. The number of halogens is 1. The van der Waals surface area contributed by atoms with E-state index in [-0.39, 0.29) is 11.9 Å². The van der Waals surface area contributed by atoms with Crippen molar-refractivity contribution in [1.82, 2.24) is 0 Å². The zero-order valence-electron chi connectivity index (χ0n) is 12.5. The van der Waals surface area contributed by atoms with Crippen molar-refractivity contribution in [3.63, 3.8) is 0 Å². The van der Waals surface area contributed by atoms with Gasteiger partial charge in [-0.1, -0.05) is 12.1 Å². The van der Waals surface area contributed by atoms with Crippen LogP contribution in [0, 0.1) is 5.82 Å². The summed E-state index contributed by atoms with van der Waals surface area (Å²) in [6, 6.07) is 11.4. The highest BCUT2D eigenvalue weighted by Gasteiger charge is 2.16. The van der Waals surface area contributed by atoms with Gasteiger partial charge in [0.2, 0.25) is 0 Å². The Kier molecular flexibility index (Phi) is 4.81. The SMILES string of the molecule is COc1ccc(F)cc1C(N)c1cccc(OC(C)C)c1. The molecule has 4 heteroatoms. The molecule has 0 aliphatic carbocycles. The lowest BCUT2D eigenvalue weighted by atomic mass is 9.98. The van der Waals surface area contributed by atoms with Gasteiger partial charge >= 0.3 is 0 Å². The van der Waals surface area contributed by atoms with Crippen molar-refractivity contribution in [2.45, 2.75) is 26.0 Å². The molecule has 0 spiro atoms. The van der Waals surface area contributed by atoms with Gasteiger partial charge in [-0.3, -0.25) is 0 Å². The van der Waals surface area contributed by atoms with Crippen LogP contribution in [0.2, 0.25) is 0 Å². The minimum absolute atomic E-state index is 0.0835. The molecule has 2 aromatic rings. The van der Waals surface area contributed by atoms with Crippen LogP contribution in [0.5, 0.6) is 11.5 Å². The van der Waals surface area contributed by atoms with E-state index in [9.17, 15) is 4.39 Å². The van der Waals surface area contributed by atoms with E-state index in [0.29, 0.717) is 11.3 Å². The fourth-order valence-corrected chi connectivity index (χ4v) is 2.18. The largest absolute Gasteiger partial charge is 0.496 e. The molecule has 1 atom stereocenters. The normalized spacial score (nSPS) is 12.3. The predicted molar refractivity (Wildman–Crippen MR) is 81.2 cm³/mol. The van der Waals surface area contributed by atoms with Crippen LogP contribution < -0.4 is 15.2 Å². The molecule has 0 saturated heterocycles. The third-order valence-electron chi connectivity index (χ3n) is 3.12. The number of hydrogen-bond donors (Lipinski definition) is 1. The third kappa shape index (κ3) is 3.73. The monoisotopic (exact) mass is 289 g/mol. The van der Waals surface area contributed by atoms with E-state index in [0.717, 1.165) is 11.3 Å². The minimum Gasteiger partial charge on any atom is -0.496 e. The van der Waals surface area contributed by atoms with Crippen molar-refractivity contribution in [2.24, 2.45) is 5.73 Å². The number of nitrogens with two attached hydrogens (primary N) is 1. The summed E-state index contributed by atoms with van der Waals surface area (Å²) in [7, 11) is 1.54. The molecule has 112 valence electrons. The van der Waals surface area contributed by atoms with Crippen molar-refractivity contribution >= 4 is 0 Å². The molecule has 1 unspecified atom stereocenters. The summed E-state index contributed by atoms with van der Waals surface area (Å²) in [4.78, 5) is 0. The fourth-order valence-electron chi connectivity index (χ4n) is 2.18. The van der Waals surface area contributed by atoms with Crippen LogP contribution in [0.15, 0.2) is 42.5 Å².